The van der Waals surface area contributed by atoms with Crippen LogP contribution in [0.3, 0.4) is 0 Å². The third kappa shape index (κ3) is 1.46. The van der Waals surface area contributed by atoms with E-state index in [4.69, 9.17) is 0 Å². The number of carbonyl (C=O) groups excluding carboxylic acids is 1. The van der Waals surface area contributed by atoms with Crippen LogP contribution in [-0.4, -0.2) is 30.5 Å². The molecule has 3 heteroatoms. The molecule has 0 spiro atoms. The zero-order valence-corrected chi connectivity index (χ0v) is 7.16. The minimum absolute atomic E-state index is 0.265. The van der Waals surface area contributed by atoms with Crippen LogP contribution in [0.5, 0.6) is 0 Å². The van der Waals surface area contributed by atoms with Gasteiger partial charge in [0.15, 0.2) is 0 Å². The Kier molecular flexibility index (Phi) is 2.05. The van der Waals surface area contributed by atoms with Crippen LogP contribution in [0.15, 0.2) is 0 Å². The van der Waals surface area contributed by atoms with Crippen LogP contribution < -0.4 is 5.11 Å². The average molecular weight is 168 g/mol. The van der Waals surface area contributed by atoms with E-state index in [1.807, 2.05) is 0 Å². The van der Waals surface area contributed by atoms with Crippen molar-refractivity contribution in [3.8, 4) is 0 Å². The molecule has 0 unspecified atom stereocenters. The lowest BCUT2D eigenvalue weighted by Gasteiger charge is -2.45. The largest absolute Gasteiger partial charge is 0.550 e. The second-order valence-electron chi connectivity index (χ2n) is 3.97. The summed E-state index contributed by atoms with van der Waals surface area (Å²) in [4.78, 5) is 12.8. The number of aliphatic carboxylic acids is 1. The fraction of sp³-hybridized carbons (Fsp3) is 0.889. The van der Waals surface area contributed by atoms with Crippen LogP contribution in [0.1, 0.15) is 19.3 Å². The van der Waals surface area contributed by atoms with Gasteiger partial charge in [-0.25, -0.2) is 0 Å². The van der Waals surface area contributed by atoms with Gasteiger partial charge < -0.3 is 14.8 Å². The monoisotopic (exact) mass is 168 g/mol. The highest BCUT2D eigenvalue weighted by Gasteiger charge is 2.33. The molecule has 0 saturated carbocycles. The number of piperidine rings is 3. The van der Waals surface area contributed by atoms with Gasteiger partial charge in [-0.15, -0.1) is 0 Å². The minimum Gasteiger partial charge on any atom is -0.550 e. The molecular weight excluding hydrogens is 154 g/mol. The van der Waals surface area contributed by atoms with Crippen molar-refractivity contribution >= 4 is 5.97 Å². The van der Waals surface area contributed by atoms with Gasteiger partial charge >= 0.3 is 0 Å². The Labute approximate surface area is 72.4 Å². The summed E-state index contributed by atoms with van der Waals surface area (Å²) in [5.74, 6) is 0.152. The highest BCUT2D eigenvalue weighted by atomic mass is 16.4. The predicted octanol–water partition coefficient (Wildman–Crippen LogP) is -0.532. The summed E-state index contributed by atoms with van der Waals surface area (Å²) < 4.78 is 0. The van der Waals surface area contributed by atoms with Crippen molar-refractivity contribution in [2.45, 2.75) is 19.3 Å². The van der Waals surface area contributed by atoms with Crippen LogP contribution in [0.2, 0.25) is 0 Å². The van der Waals surface area contributed by atoms with E-state index in [9.17, 15) is 9.90 Å². The van der Waals surface area contributed by atoms with Crippen molar-refractivity contribution in [1.82, 2.24) is 4.90 Å². The highest BCUT2D eigenvalue weighted by molar-refractivity contribution is 5.64. The minimum atomic E-state index is -0.881. The maximum Gasteiger partial charge on any atom is 0.0417 e. The maximum atomic E-state index is 10.4. The van der Waals surface area contributed by atoms with Crippen LogP contribution in [0.25, 0.3) is 0 Å². The smallest absolute Gasteiger partial charge is 0.0417 e. The molecule has 3 heterocycles. The predicted molar refractivity (Wildman–Crippen MR) is 42.3 cm³/mol. The van der Waals surface area contributed by atoms with Crippen molar-refractivity contribution in [1.29, 1.82) is 0 Å². The van der Waals surface area contributed by atoms with E-state index in [-0.39, 0.29) is 6.42 Å². The molecule has 0 N–H and O–H groups in total. The number of rotatable bonds is 2. The first-order valence-electron chi connectivity index (χ1n) is 4.68. The molecule has 3 saturated heterocycles. The van der Waals surface area contributed by atoms with E-state index >= 15 is 0 Å². The third-order valence-corrected chi connectivity index (χ3v) is 3.22. The first-order valence-corrected chi connectivity index (χ1v) is 4.68. The Morgan fingerprint density at radius 1 is 1.42 bits per heavy atom. The summed E-state index contributed by atoms with van der Waals surface area (Å²) in [5.41, 5.74) is 0. The molecule has 3 fully saturated rings. The first-order chi connectivity index (χ1) is 5.75. The molecule has 3 aliphatic rings. The van der Waals surface area contributed by atoms with Gasteiger partial charge in [0, 0.05) is 12.5 Å². The Morgan fingerprint density at radius 2 is 2.08 bits per heavy atom. The zero-order valence-electron chi connectivity index (χ0n) is 7.16. The summed E-state index contributed by atoms with van der Waals surface area (Å²) in [7, 11) is 0. The molecular formula is C9H14NO2-. The summed E-state index contributed by atoms with van der Waals surface area (Å²) in [6.07, 6.45) is 2.65. The van der Waals surface area contributed by atoms with Crippen molar-refractivity contribution in [2.24, 2.45) is 11.8 Å². The van der Waals surface area contributed by atoms with E-state index in [1.165, 1.54) is 25.9 Å². The molecule has 1 atom stereocenters. The van der Waals surface area contributed by atoms with E-state index in [0.717, 1.165) is 6.54 Å². The topological polar surface area (TPSA) is 43.4 Å². The van der Waals surface area contributed by atoms with E-state index in [2.05, 4.69) is 4.90 Å². The second kappa shape index (κ2) is 3.05. The highest BCUT2D eigenvalue weighted by Crippen LogP contribution is 2.33. The molecule has 0 radical (unpaired) electrons. The number of fused-ring (bicyclic) bond motifs is 3. The van der Waals surface area contributed by atoms with Gasteiger partial charge in [0.25, 0.3) is 0 Å². The Balaban J connectivity index is 1.95. The number of carbonyl (C=O) groups is 1. The van der Waals surface area contributed by atoms with Gasteiger partial charge in [0.1, 0.15) is 0 Å². The number of hydrogen-bond acceptors (Lipinski definition) is 3. The van der Waals surface area contributed by atoms with Gasteiger partial charge in [-0.05, 0) is 44.2 Å². The third-order valence-electron chi connectivity index (χ3n) is 3.22. The van der Waals surface area contributed by atoms with E-state index in [1.54, 1.807) is 0 Å². The van der Waals surface area contributed by atoms with E-state index < -0.39 is 5.97 Å². The number of carboxylic acid groups (broad SMARTS) is 1. The average Bonchev–Trinajstić information content (AvgIpc) is 2.05. The zero-order chi connectivity index (χ0) is 8.55. The quantitative estimate of drug-likeness (QED) is 0.556. The van der Waals surface area contributed by atoms with Crippen LogP contribution >= 0.6 is 0 Å². The summed E-state index contributed by atoms with van der Waals surface area (Å²) in [5, 5.41) is 10.4. The Morgan fingerprint density at radius 3 is 2.50 bits per heavy atom. The van der Waals surface area contributed by atoms with Crippen molar-refractivity contribution < 1.29 is 9.90 Å². The molecule has 0 aliphatic carbocycles. The summed E-state index contributed by atoms with van der Waals surface area (Å²) >= 11 is 0. The molecule has 0 aromatic carbocycles. The normalized spacial score (nSPS) is 39.8. The molecule has 2 bridgehead atoms. The van der Waals surface area contributed by atoms with Crippen LogP contribution in [0.4, 0.5) is 0 Å². The van der Waals surface area contributed by atoms with Gasteiger partial charge in [-0.2, -0.15) is 0 Å². The number of carboxylic acids is 1. The van der Waals surface area contributed by atoms with Gasteiger partial charge in [0.05, 0.1) is 0 Å². The first kappa shape index (κ1) is 8.05. The molecule has 3 aliphatic heterocycles. The van der Waals surface area contributed by atoms with Crippen molar-refractivity contribution in [3.05, 3.63) is 0 Å². The Bertz CT molecular complexity index is 185. The van der Waals surface area contributed by atoms with Crippen molar-refractivity contribution in [2.75, 3.05) is 19.6 Å². The van der Waals surface area contributed by atoms with E-state index in [0.29, 0.717) is 11.8 Å². The molecule has 68 valence electrons. The fourth-order valence-corrected chi connectivity index (χ4v) is 2.53. The van der Waals surface area contributed by atoms with Crippen LogP contribution in [-0.2, 0) is 4.79 Å². The molecule has 0 aromatic heterocycles. The lowest BCUT2D eigenvalue weighted by atomic mass is 9.77. The van der Waals surface area contributed by atoms with Crippen molar-refractivity contribution in [3.63, 3.8) is 0 Å². The SMILES string of the molecule is O=C([O-])C[C@@H]1CN2CCC1CC2. The standard InChI is InChI=1S/C9H15NO2/c11-9(12)5-8-6-10-3-1-7(8)2-4-10/h7-8H,1-6H2,(H,11,12)/p-1/t8-/m1/s1. The van der Waals surface area contributed by atoms with Crippen LogP contribution in [0, 0.1) is 11.8 Å². The lowest BCUT2D eigenvalue weighted by Crippen LogP contribution is -2.48. The summed E-state index contributed by atoms with van der Waals surface area (Å²) in [6.45, 7) is 3.33. The summed E-state index contributed by atoms with van der Waals surface area (Å²) in [6, 6.07) is 0. The van der Waals surface area contributed by atoms with Gasteiger partial charge in [0.2, 0.25) is 0 Å². The lowest BCUT2D eigenvalue weighted by molar-refractivity contribution is -0.307. The van der Waals surface area contributed by atoms with Gasteiger partial charge in [-0.1, -0.05) is 0 Å². The fourth-order valence-electron chi connectivity index (χ4n) is 2.53. The molecule has 0 amide bonds. The number of nitrogens with zero attached hydrogens (tertiary/aromatic N) is 1. The maximum absolute atomic E-state index is 10.4. The molecule has 12 heavy (non-hydrogen) atoms. The second-order valence-corrected chi connectivity index (χ2v) is 3.97. The Hall–Kier alpha value is -0.570. The molecule has 0 aromatic rings. The molecule has 3 nitrogen and oxygen atoms in total. The van der Waals surface area contributed by atoms with Gasteiger partial charge in [-0.3, -0.25) is 0 Å². The molecule has 3 rings (SSSR count). The number of hydrogen-bond donors (Lipinski definition) is 0.